The molecule has 2 rings (SSSR count). The average molecular weight is 271 g/mol. The smallest absolute Gasteiger partial charge is 0.271 e. The van der Waals surface area contributed by atoms with E-state index < -0.39 is 5.91 Å². The molecular formula is C13H13N5O2. The lowest BCUT2D eigenvalue weighted by atomic mass is 10.2. The fourth-order valence-corrected chi connectivity index (χ4v) is 1.43. The highest BCUT2D eigenvalue weighted by atomic mass is 16.5. The van der Waals surface area contributed by atoms with Crippen molar-refractivity contribution in [1.82, 2.24) is 15.4 Å². The molecule has 3 N–H and O–H groups in total. The summed E-state index contributed by atoms with van der Waals surface area (Å²) >= 11 is 0. The second kappa shape index (κ2) is 6.28. The van der Waals surface area contributed by atoms with E-state index in [1.807, 2.05) is 0 Å². The van der Waals surface area contributed by atoms with Gasteiger partial charge in [0.2, 0.25) is 0 Å². The SMILES string of the molecule is COc1cccc(C(=O)N/N=C(\N)c2cnccn2)c1. The Bertz CT molecular complexity index is 628. The van der Waals surface area contributed by atoms with Crippen LogP contribution in [0.2, 0.25) is 0 Å². The molecular weight excluding hydrogens is 258 g/mol. The van der Waals surface area contributed by atoms with Crippen LogP contribution >= 0.6 is 0 Å². The maximum Gasteiger partial charge on any atom is 0.271 e. The van der Waals surface area contributed by atoms with Crippen LogP contribution in [0, 0.1) is 0 Å². The predicted molar refractivity (Wildman–Crippen MR) is 73.2 cm³/mol. The summed E-state index contributed by atoms with van der Waals surface area (Å²) in [7, 11) is 1.53. The molecule has 7 nitrogen and oxygen atoms in total. The van der Waals surface area contributed by atoms with Crippen molar-refractivity contribution < 1.29 is 9.53 Å². The Morgan fingerprint density at radius 2 is 2.25 bits per heavy atom. The van der Waals surface area contributed by atoms with Crippen LogP contribution in [0.1, 0.15) is 16.1 Å². The van der Waals surface area contributed by atoms with Crippen LogP contribution in [0.5, 0.6) is 5.75 Å². The van der Waals surface area contributed by atoms with E-state index in [-0.39, 0.29) is 5.84 Å². The maximum atomic E-state index is 11.9. The number of hydrogen-bond donors (Lipinski definition) is 2. The van der Waals surface area contributed by atoms with Gasteiger partial charge in [0.1, 0.15) is 11.4 Å². The highest BCUT2D eigenvalue weighted by molar-refractivity contribution is 5.98. The van der Waals surface area contributed by atoms with E-state index in [2.05, 4.69) is 20.5 Å². The first-order valence-corrected chi connectivity index (χ1v) is 5.74. The number of aromatic nitrogens is 2. The third kappa shape index (κ3) is 3.29. The van der Waals surface area contributed by atoms with E-state index in [9.17, 15) is 4.79 Å². The van der Waals surface area contributed by atoms with Crippen molar-refractivity contribution >= 4 is 11.7 Å². The fourth-order valence-electron chi connectivity index (χ4n) is 1.43. The summed E-state index contributed by atoms with van der Waals surface area (Å²) in [5, 5.41) is 3.78. The zero-order chi connectivity index (χ0) is 14.4. The number of benzene rings is 1. The molecule has 1 heterocycles. The number of nitrogens with one attached hydrogen (secondary N) is 1. The molecule has 1 aromatic carbocycles. The third-order valence-corrected chi connectivity index (χ3v) is 2.44. The molecule has 0 bridgehead atoms. The van der Waals surface area contributed by atoms with E-state index in [0.29, 0.717) is 17.0 Å². The molecule has 0 atom stereocenters. The van der Waals surface area contributed by atoms with Gasteiger partial charge in [-0.1, -0.05) is 6.07 Å². The van der Waals surface area contributed by atoms with Gasteiger partial charge in [-0.05, 0) is 18.2 Å². The zero-order valence-corrected chi connectivity index (χ0v) is 10.8. The van der Waals surface area contributed by atoms with Crippen molar-refractivity contribution in [3.05, 3.63) is 54.1 Å². The molecule has 20 heavy (non-hydrogen) atoms. The Kier molecular flexibility index (Phi) is 4.23. The Morgan fingerprint density at radius 3 is 2.95 bits per heavy atom. The van der Waals surface area contributed by atoms with Crippen molar-refractivity contribution in [2.24, 2.45) is 10.8 Å². The molecule has 0 saturated carbocycles. The normalized spacial score (nSPS) is 10.9. The standard InChI is InChI=1S/C13H13N5O2/c1-20-10-4-2-3-9(7-10)13(19)18-17-12(14)11-8-15-5-6-16-11/h2-8H,1H3,(H2,14,17)(H,18,19). The van der Waals surface area contributed by atoms with Gasteiger partial charge in [0.05, 0.1) is 13.3 Å². The van der Waals surface area contributed by atoms with E-state index >= 15 is 0 Å². The number of amides is 1. The van der Waals surface area contributed by atoms with Crippen LogP contribution in [0.25, 0.3) is 0 Å². The Balaban J connectivity index is 2.08. The molecule has 7 heteroatoms. The van der Waals surface area contributed by atoms with Crippen molar-refractivity contribution in [2.45, 2.75) is 0 Å². The molecule has 0 radical (unpaired) electrons. The van der Waals surface area contributed by atoms with Gasteiger partial charge >= 0.3 is 0 Å². The lowest BCUT2D eigenvalue weighted by Gasteiger charge is -2.04. The van der Waals surface area contributed by atoms with Crippen LogP contribution in [0.15, 0.2) is 48.0 Å². The number of carbonyl (C=O) groups excluding carboxylic acids is 1. The Labute approximate surface area is 115 Å². The summed E-state index contributed by atoms with van der Waals surface area (Å²) < 4.78 is 5.04. The van der Waals surface area contributed by atoms with Crippen molar-refractivity contribution in [2.75, 3.05) is 7.11 Å². The van der Waals surface area contributed by atoms with Crippen LogP contribution in [0.4, 0.5) is 0 Å². The number of ether oxygens (including phenoxy) is 1. The van der Waals surface area contributed by atoms with E-state index in [1.165, 1.54) is 25.7 Å². The number of hydrogen-bond acceptors (Lipinski definition) is 5. The van der Waals surface area contributed by atoms with Gasteiger partial charge in [-0.25, -0.2) is 10.4 Å². The highest BCUT2D eigenvalue weighted by Gasteiger charge is 2.06. The number of methoxy groups -OCH3 is 1. The maximum absolute atomic E-state index is 11.9. The first kappa shape index (κ1) is 13.5. The minimum absolute atomic E-state index is 0.0781. The molecule has 1 amide bonds. The van der Waals surface area contributed by atoms with Crippen LogP contribution < -0.4 is 15.9 Å². The molecule has 0 saturated heterocycles. The van der Waals surface area contributed by atoms with Crippen LogP contribution in [0.3, 0.4) is 0 Å². The minimum atomic E-state index is -0.393. The third-order valence-electron chi connectivity index (χ3n) is 2.44. The lowest BCUT2D eigenvalue weighted by molar-refractivity contribution is 0.0954. The van der Waals surface area contributed by atoms with E-state index in [0.717, 1.165) is 0 Å². The number of nitrogens with two attached hydrogens (primary N) is 1. The predicted octanol–water partition coefficient (Wildman–Crippen LogP) is 0.535. The fraction of sp³-hybridized carbons (Fsp3) is 0.0769. The second-order valence-corrected chi connectivity index (χ2v) is 3.76. The molecule has 0 aliphatic heterocycles. The average Bonchev–Trinajstić information content (AvgIpc) is 2.53. The lowest BCUT2D eigenvalue weighted by Crippen LogP contribution is -2.24. The van der Waals surface area contributed by atoms with Gasteiger partial charge in [-0.15, -0.1) is 0 Å². The van der Waals surface area contributed by atoms with Crippen LogP contribution in [-0.4, -0.2) is 28.8 Å². The first-order valence-electron chi connectivity index (χ1n) is 5.74. The number of hydrazone groups is 1. The van der Waals surface area contributed by atoms with Crippen molar-refractivity contribution in [1.29, 1.82) is 0 Å². The molecule has 0 fully saturated rings. The molecule has 0 aliphatic carbocycles. The molecule has 0 spiro atoms. The number of carbonyl (C=O) groups is 1. The second-order valence-electron chi connectivity index (χ2n) is 3.76. The van der Waals surface area contributed by atoms with Gasteiger partial charge in [0.15, 0.2) is 5.84 Å². The van der Waals surface area contributed by atoms with Crippen molar-refractivity contribution in [3.63, 3.8) is 0 Å². The van der Waals surface area contributed by atoms with Gasteiger partial charge in [0, 0.05) is 18.0 Å². The molecule has 102 valence electrons. The monoisotopic (exact) mass is 271 g/mol. The summed E-state index contributed by atoms with van der Waals surface area (Å²) in [6.07, 6.45) is 4.46. The number of rotatable bonds is 4. The molecule has 2 aromatic rings. The minimum Gasteiger partial charge on any atom is -0.497 e. The topological polar surface area (TPSA) is 102 Å². The van der Waals surface area contributed by atoms with Crippen LogP contribution in [-0.2, 0) is 0 Å². The van der Waals surface area contributed by atoms with Gasteiger partial charge in [0.25, 0.3) is 5.91 Å². The van der Waals surface area contributed by atoms with Gasteiger partial charge in [-0.2, -0.15) is 5.10 Å². The Morgan fingerprint density at radius 1 is 1.40 bits per heavy atom. The summed E-state index contributed by atoms with van der Waals surface area (Å²) in [6, 6.07) is 6.70. The molecule has 0 aliphatic rings. The summed E-state index contributed by atoms with van der Waals surface area (Å²) in [4.78, 5) is 19.7. The quantitative estimate of drug-likeness (QED) is 0.480. The van der Waals surface area contributed by atoms with Gasteiger partial charge in [-0.3, -0.25) is 9.78 Å². The largest absolute Gasteiger partial charge is 0.497 e. The summed E-state index contributed by atoms with van der Waals surface area (Å²) in [5.74, 6) is 0.272. The number of nitrogens with zero attached hydrogens (tertiary/aromatic N) is 3. The molecule has 1 aromatic heterocycles. The molecule has 0 unspecified atom stereocenters. The van der Waals surface area contributed by atoms with Crippen molar-refractivity contribution in [3.8, 4) is 5.75 Å². The highest BCUT2D eigenvalue weighted by Crippen LogP contribution is 2.12. The zero-order valence-electron chi connectivity index (χ0n) is 10.8. The summed E-state index contributed by atoms with van der Waals surface area (Å²) in [5.41, 5.74) is 8.84. The number of amidine groups is 1. The van der Waals surface area contributed by atoms with E-state index in [4.69, 9.17) is 10.5 Å². The first-order chi connectivity index (χ1) is 9.70. The van der Waals surface area contributed by atoms with Gasteiger partial charge < -0.3 is 10.5 Å². The summed E-state index contributed by atoms with van der Waals surface area (Å²) in [6.45, 7) is 0. The van der Waals surface area contributed by atoms with E-state index in [1.54, 1.807) is 24.3 Å². The Hall–Kier alpha value is -2.96.